The second kappa shape index (κ2) is 8.45. The van der Waals surface area contributed by atoms with Crippen molar-refractivity contribution in [1.29, 1.82) is 0 Å². The number of hydrogen-bond donors (Lipinski definition) is 0. The average molecular weight is 184 g/mol. The molecule has 1 aromatic rings. The number of carbonyl (C=O) groups is 1. The predicted octanol–water partition coefficient (Wildman–Crippen LogP) is 0.664. The molecule has 72 valence electrons. The topological polar surface area (TPSA) is 61.3 Å². The third kappa shape index (κ3) is 6.74. The van der Waals surface area contributed by atoms with Crippen molar-refractivity contribution in [2.75, 3.05) is 13.7 Å². The summed E-state index contributed by atoms with van der Waals surface area (Å²) in [4.78, 5) is 16.8. The molecule has 0 N–H and O–H groups in total. The molecule has 0 saturated heterocycles. The summed E-state index contributed by atoms with van der Waals surface area (Å²) in [6.07, 6.45) is 4.74. The van der Waals surface area contributed by atoms with Crippen LogP contribution in [0.15, 0.2) is 18.6 Å². The van der Waals surface area contributed by atoms with Gasteiger partial charge in [-0.2, -0.15) is 0 Å². The number of ether oxygens (including phenoxy) is 2. The van der Waals surface area contributed by atoms with Gasteiger partial charge in [0.15, 0.2) is 0 Å². The van der Waals surface area contributed by atoms with Crippen molar-refractivity contribution < 1.29 is 14.3 Å². The Morgan fingerprint density at radius 2 is 2.31 bits per heavy atom. The van der Waals surface area contributed by atoms with Gasteiger partial charge in [0, 0.05) is 12.4 Å². The molecule has 5 heteroatoms. The van der Waals surface area contributed by atoms with E-state index < -0.39 is 0 Å². The summed E-state index contributed by atoms with van der Waals surface area (Å²) in [5.41, 5.74) is 0. The van der Waals surface area contributed by atoms with Crippen LogP contribution in [0.2, 0.25) is 0 Å². The van der Waals surface area contributed by atoms with E-state index in [1.165, 1.54) is 0 Å². The molecule has 0 aliphatic carbocycles. The molecule has 0 radical (unpaired) electrons. The van der Waals surface area contributed by atoms with Gasteiger partial charge in [-0.3, -0.25) is 9.78 Å². The van der Waals surface area contributed by atoms with Gasteiger partial charge in [-0.1, -0.05) is 0 Å². The molecule has 0 aliphatic heterocycles. The third-order valence-electron chi connectivity index (χ3n) is 0.983. The Labute approximate surface area is 76.7 Å². The summed E-state index contributed by atoms with van der Waals surface area (Å²) >= 11 is 0. The predicted molar refractivity (Wildman–Crippen MR) is 46.3 cm³/mol. The van der Waals surface area contributed by atoms with Crippen LogP contribution in [0, 0.1) is 0 Å². The second-order valence-electron chi connectivity index (χ2n) is 1.80. The standard InChI is InChI=1S/C5H6N2O.C3H6O2/c1-8-5-4-6-2-3-7-5;1-2-5-3-4/h2-4H,1H3;3H,2H2,1H3. The summed E-state index contributed by atoms with van der Waals surface area (Å²) in [6.45, 7) is 2.66. The van der Waals surface area contributed by atoms with Crippen LogP contribution in [0.5, 0.6) is 5.88 Å². The van der Waals surface area contributed by atoms with E-state index in [9.17, 15) is 4.79 Å². The van der Waals surface area contributed by atoms with E-state index in [0.717, 1.165) is 0 Å². The van der Waals surface area contributed by atoms with Crippen molar-refractivity contribution >= 4 is 6.47 Å². The molecule has 1 heterocycles. The minimum absolute atomic E-state index is 0.431. The van der Waals surface area contributed by atoms with Crippen LogP contribution >= 0.6 is 0 Å². The number of rotatable bonds is 3. The fourth-order valence-electron chi connectivity index (χ4n) is 0.459. The van der Waals surface area contributed by atoms with E-state index in [2.05, 4.69) is 14.7 Å². The molecule has 0 spiro atoms. The molecule has 5 nitrogen and oxygen atoms in total. The van der Waals surface area contributed by atoms with Crippen LogP contribution in [0.4, 0.5) is 0 Å². The summed E-state index contributed by atoms with van der Waals surface area (Å²) in [5, 5.41) is 0. The van der Waals surface area contributed by atoms with Crippen LogP contribution in [0.1, 0.15) is 6.92 Å². The van der Waals surface area contributed by atoms with Gasteiger partial charge in [-0.25, -0.2) is 4.98 Å². The Bertz CT molecular complexity index is 216. The number of carbonyl (C=O) groups excluding carboxylic acids is 1. The van der Waals surface area contributed by atoms with E-state index in [-0.39, 0.29) is 0 Å². The molecule has 0 atom stereocenters. The molecule has 0 amide bonds. The fraction of sp³-hybridized carbons (Fsp3) is 0.375. The van der Waals surface area contributed by atoms with Crippen molar-refractivity contribution in [3.8, 4) is 5.88 Å². The summed E-state index contributed by atoms with van der Waals surface area (Å²) in [6, 6.07) is 0. The summed E-state index contributed by atoms with van der Waals surface area (Å²) in [5.74, 6) is 0.549. The molecular formula is C8H12N2O3. The number of methoxy groups -OCH3 is 1. The highest BCUT2D eigenvalue weighted by Gasteiger charge is 1.83. The Kier molecular flexibility index (Phi) is 7.37. The van der Waals surface area contributed by atoms with Gasteiger partial charge in [0.05, 0.1) is 19.9 Å². The lowest BCUT2D eigenvalue weighted by Crippen LogP contribution is -1.85. The second-order valence-corrected chi connectivity index (χ2v) is 1.80. The lowest BCUT2D eigenvalue weighted by Gasteiger charge is -1.91. The first-order valence-electron chi connectivity index (χ1n) is 3.70. The van der Waals surface area contributed by atoms with Crippen molar-refractivity contribution in [1.82, 2.24) is 9.97 Å². The zero-order valence-corrected chi connectivity index (χ0v) is 7.64. The van der Waals surface area contributed by atoms with Crippen LogP contribution in [-0.4, -0.2) is 30.2 Å². The molecule has 0 saturated carbocycles. The first-order valence-corrected chi connectivity index (χ1v) is 3.70. The average Bonchev–Trinajstić information content (AvgIpc) is 2.21. The van der Waals surface area contributed by atoms with Crippen molar-refractivity contribution in [2.24, 2.45) is 0 Å². The van der Waals surface area contributed by atoms with Gasteiger partial charge in [-0.05, 0) is 6.92 Å². The Morgan fingerprint density at radius 3 is 2.54 bits per heavy atom. The molecule has 0 aromatic carbocycles. The van der Waals surface area contributed by atoms with Crippen molar-refractivity contribution in [3.05, 3.63) is 18.6 Å². The molecule has 0 fully saturated rings. The zero-order valence-electron chi connectivity index (χ0n) is 7.64. The Hall–Kier alpha value is -1.65. The molecule has 0 unspecified atom stereocenters. The van der Waals surface area contributed by atoms with Gasteiger partial charge in [0.2, 0.25) is 5.88 Å². The molecule has 0 aliphatic rings. The van der Waals surface area contributed by atoms with Crippen molar-refractivity contribution in [3.63, 3.8) is 0 Å². The molecule has 1 rings (SSSR count). The first kappa shape index (κ1) is 11.4. The highest BCUT2D eigenvalue weighted by molar-refractivity contribution is 5.36. The monoisotopic (exact) mass is 184 g/mol. The number of aromatic nitrogens is 2. The summed E-state index contributed by atoms with van der Waals surface area (Å²) < 4.78 is 8.89. The first-order chi connectivity index (χ1) is 6.35. The van der Waals surface area contributed by atoms with Gasteiger partial charge in [0.1, 0.15) is 0 Å². The van der Waals surface area contributed by atoms with Gasteiger partial charge >= 0.3 is 0 Å². The smallest absolute Gasteiger partial charge is 0.293 e. The minimum atomic E-state index is 0.431. The summed E-state index contributed by atoms with van der Waals surface area (Å²) in [7, 11) is 1.56. The van der Waals surface area contributed by atoms with Crippen LogP contribution in [-0.2, 0) is 9.53 Å². The highest BCUT2D eigenvalue weighted by Crippen LogP contribution is 1.96. The number of nitrogens with zero attached hydrogens (tertiary/aromatic N) is 2. The van der Waals surface area contributed by atoms with Crippen LogP contribution < -0.4 is 4.74 Å². The van der Waals surface area contributed by atoms with E-state index in [1.54, 1.807) is 32.6 Å². The molecular weight excluding hydrogens is 172 g/mol. The van der Waals surface area contributed by atoms with Crippen molar-refractivity contribution in [2.45, 2.75) is 6.92 Å². The highest BCUT2D eigenvalue weighted by atomic mass is 16.5. The molecule has 0 bridgehead atoms. The van der Waals surface area contributed by atoms with Gasteiger partial charge in [0.25, 0.3) is 6.47 Å². The molecule has 13 heavy (non-hydrogen) atoms. The Morgan fingerprint density at radius 1 is 1.54 bits per heavy atom. The van der Waals surface area contributed by atoms with E-state index in [0.29, 0.717) is 19.0 Å². The normalized spacial score (nSPS) is 7.85. The van der Waals surface area contributed by atoms with Crippen LogP contribution in [0.25, 0.3) is 0 Å². The molecule has 1 aromatic heterocycles. The largest absolute Gasteiger partial charge is 0.480 e. The lowest BCUT2D eigenvalue weighted by molar-refractivity contribution is -0.128. The maximum Gasteiger partial charge on any atom is 0.293 e. The quantitative estimate of drug-likeness (QED) is 0.646. The zero-order chi connectivity index (χ0) is 9.94. The third-order valence-corrected chi connectivity index (χ3v) is 0.983. The van der Waals surface area contributed by atoms with E-state index in [4.69, 9.17) is 4.74 Å². The Balaban J connectivity index is 0.000000252. The van der Waals surface area contributed by atoms with Gasteiger partial charge in [-0.15, -0.1) is 0 Å². The van der Waals surface area contributed by atoms with E-state index in [1.807, 2.05) is 0 Å². The number of hydrogen-bond acceptors (Lipinski definition) is 5. The SMILES string of the molecule is CCOC=O.COc1cnccn1. The van der Waals surface area contributed by atoms with Crippen LogP contribution in [0.3, 0.4) is 0 Å². The van der Waals surface area contributed by atoms with Gasteiger partial charge < -0.3 is 9.47 Å². The maximum absolute atomic E-state index is 9.18. The van der Waals surface area contributed by atoms with E-state index >= 15 is 0 Å². The minimum Gasteiger partial charge on any atom is -0.480 e. The lowest BCUT2D eigenvalue weighted by atomic mass is 10.7. The fourth-order valence-corrected chi connectivity index (χ4v) is 0.459. The maximum atomic E-state index is 9.18.